The van der Waals surface area contributed by atoms with E-state index in [2.05, 4.69) is 10.3 Å². The van der Waals surface area contributed by atoms with E-state index in [4.69, 9.17) is 9.15 Å². The van der Waals surface area contributed by atoms with Gasteiger partial charge in [-0.25, -0.2) is 4.79 Å². The minimum atomic E-state index is -4.86. The quantitative estimate of drug-likeness (QED) is 0.267. The van der Waals surface area contributed by atoms with Crippen LogP contribution in [0.15, 0.2) is 83.3 Å². The zero-order valence-electron chi connectivity index (χ0n) is 21.6. The van der Waals surface area contributed by atoms with Crippen LogP contribution in [0.3, 0.4) is 0 Å². The molecule has 1 aromatic heterocycles. The van der Waals surface area contributed by atoms with Crippen molar-refractivity contribution in [1.29, 1.82) is 0 Å². The number of hydrogen-bond acceptors (Lipinski definition) is 6. The Balaban J connectivity index is 1.29. The van der Waals surface area contributed by atoms with Crippen molar-refractivity contribution in [1.82, 2.24) is 4.98 Å². The number of esters is 1. The molecule has 1 N–H and O–H groups in total. The molecule has 1 amide bonds. The number of alkyl halides is 3. The van der Waals surface area contributed by atoms with Crippen molar-refractivity contribution in [2.45, 2.75) is 24.9 Å². The molecule has 7 nitrogen and oxygen atoms in total. The molecule has 3 aromatic carbocycles. The number of amides is 1. The molecule has 0 bridgehead atoms. The minimum Gasteiger partial charge on any atom is -0.465 e. The number of ether oxygens (including phenoxy) is 1. The molecule has 1 saturated heterocycles. The first-order valence-electron chi connectivity index (χ1n) is 12.7. The van der Waals surface area contributed by atoms with Gasteiger partial charge in [0.05, 0.1) is 12.7 Å². The lowest BCUT2D eigenvalue weighted by Crippen LogP contribution is -2.33. The molecule has 0 spiro atoms. The summed E-state index contributed by atoms with van der Waals surface area (Å²) in [5.74, 6) is -2.07. The zero-order valence-corrected chi connectivity index (χ0v) is 21.6. The molecule has 2 heterocycles. The van der Waals surface area contributed by atoms with Crippen LogP contribution in [0.2, 0.25) is 0 Å². The number of carbonyl (C=O) groups excluding carboxylic acids is 2. The van der Waals surface area contributed by atoms with Crippen LogP contribution in [0.25, 0.3) is 11.1 Å². The van der Waals surface area contributed by atoms with Crippen LogP contribution in [-0.2, 0) is 10.9 Å². The highest BCUT2D eigenvalue weighted by Gasteiger charge is 2.42. The number of hydrogen-bond donors (Lipinski definition) is 1. The Bertz CT molecular complexity index is 1480. The van der Waals surface area contributed by atoms with Gasteiger partial charge >= 0.3 is 12.1 Å². The van der Waals surface area contributed by atoms with Gasteiger partial charge < -0.3 is 19.4 Å². The maximum Gasteiger partial charge on any atom is 0.437 e. The van der Waals surface area contributed by atoms with Crippen molar-refractivity contribution in [3.8, 4) is 11.1 Å². The van der Waals surface area contributed by atoms with Crippen molar-refractivity contribution >= 4 is 23.6 Å². The Hall–Kier alpha value is -4.60. The smallest absolute Gasteiger partial charge is 0.437 e. The number of aromatic nitrogens is 1. The van der Waals surface area contributed by atoms with E-state index < -0.39 is 29.5 Å². The maximum absolute atomic E-state index is 13.8. The Morgan fingerprint density at radius 3 is 2.10 bits per heavy atom. The number of carbonyl (C=O) groups is 2. The highest BCUT2D eigenvalue weighted by molar-refractivity contribution is 6.03. The molecule has 4 aromatic rings. The summed E-state index contributed by atoms with van der Waals surface area (Å²) >= 11 is 0. The lowest BCUT2D eigenvalue weighted by Gasteiger charge is -2.31. The number of piperidine rings is 1. The average molecular weight is 550 g/mol. The van der Waals surface area contributed by atoms with Crippen LogP contribution in [-0.4, -0.2) is 37.1 Å². The second-order valence-electron chi connectivity index (χ2n) is 9.44. The number of nitrogens with zero attached hydrogens (tertiary/aromatic N) is 2. The summed E-state index contributed by atoms with van der Waals surface area (Å²) in [5.41, 5.74) is 2.12. The molecule has 0 atom stereocenters. The van der Waals surface area contributed by atoms with Crippen LogP contribution >= 0.6 is 0 Å². The van der Waals surface area contributed by atoms with Gasteiger partial charge in [0.15, 0.2) is 5.69 Å². The monoisotopic (exact) mass is 549 g/mol. The Kier molecular flexibility index (Phi) is 7.59. The van der Waals surface area contributed by atoms with Crippen LogP contribution in [0.4, 0.5) is 24.9 Å². The van der Waals surface area contributed by atoms with E-state index in [0.29, 0.717) is 24.6 Å². The molecule has 0 radical (unpaired) electrons. The van der Waals surface area contributed by atoms with Crippen LogP contribution in [0, 0.1) is 0 Å². The minimum absolute atomic E-state index is 0.213. The molecule has 1 aliphatic rings. The lowest BCUT2D eigenvalue weighted by atomic mass is 9.90. The van der Waals surface area contributed by atoms with Gasteiger partial charge in [-0.2, -0.15) is 18.2 Å². The first-order valence-corrected chi connectivity index (χ1v) is 12.7. The van der Waals surface area contributed by atoms with Crippen molar-refractivity contribution in [2.75, 3.05) is 30.4 Å². The van der Waals surface area contributed by atoms with Crippen LogP contribution in [0.5, 0.6) is 0 Å². The van der Waals surface area contributed by atoms with Gasteiger partial charge in [-0.3, -0.25) is 4.79 Å². The molecule has 1 aliphatic heterocycles. The number of oxazole rings is 1. The van der Waals surface area contributed by atoms with Crippen molar-refractivity contribution < 1.29 is 31.9 Å². The summed E-state index contributed by atoms with van der Waals surface area (Å²) in [6.07, 6.45) is -3.41. The van der Waals surface area contributed by atoms with Gasteiger partial charge in [-0.15, -0.1) is 0 Å². The van der Waals surface area contributed by atoms with Crippen LogP contribution in [0.1, 0.15) is 50.9 Å². The molecule has 5 rings (SSSR count). The van der Waals surface area contributed by atoms with E-state index >= 15 is 0 Å². The van der Waals surface area contributed by atoms with E-state index in [1.807, 2.05) is 30.3 Å². The molecule has 0 aliphatic carbocycles. The second kappa shape index (κ2) is 11.3. The molecular weight excluding hydrogens is 523 g/mol. The lowest BCUT2D eigenvalue weighted by molar-refractivity contribution is -0.141. The number of nitrogens with one attached hydrogen (secondary N) is 1. The van der Waals surface area contributed by atoms with E-state index in [1.165, 1.54) is 12.7 Å². The predicted octanol–water partition coefficient (Wildman–Crippen LogP) is 6.78. The third kappa shape index (κ3) is 5.85. The highest BCUT2D eigenvalue weighted by atomic mass is 19.4. The number of halogens is 3. The van der Waals surface area contributed by atoms with E-state index in [-0.39, 0.29) is 11.7 Å². The third-order valence-electron chi connectivity index (χ3n) is 6.91. The molecule has 10 heteroatoms. The van der Waals surface area contributed by atoms with E-state index in [0.717, 1.165) is 24.0 Å². The van der Waals surface area contributed by atoms with E-state index in [1.54, 1.807) is 53.4 Å². The number of anilines is 2. The van der Waals surface area contributed by atoms with Crippen molar-refractivity contribution in [2.24, 2.45) is 0 Å². The fourth-order valence-corrected chi connectivity index (χ4v) is 4.77. The first kappa shape index (κ1) is 27.0. The second-order valence-corrected chi connectivity index (χ2v) is 9.44. The Morgan fingerprint density at radius 2 is 1.52 bits per heavy atom. The fraction of sp³-hybridized carbons (Fsp3) is 0.233. The Labute approximate surface area is 228 Å². The highest BCUT2D eigenvalue weighted by Crippen LogP contribution is 2.36. The van der Waals surface area contributed by atoms with Gasteiger partial charge in [0.25, 0.3) is 11.9 Å². The van der Waals surface area contributed by atoms with Gasteiger partial charge in [0.1, 0.15) is 0 Å². The summed E-state index contributed by atoms with van der Waals surface area (Å²) in [6, 6.07) is 23.0. The normalized spacial score (nSPS) is 14.2. The zero-order chi connectivity index (χ0) is 28.3. The molecule has 0 unspecified atom stereocenters. The van der Waals surface area contributed by atoms with Gasteiger partial charge in [0, 0.05) is 18.8 Å². The van der Waals surface area contributed by atoms with Crippen molar-refractivity contribution in [3.63, 3.8) is 0 Å². The number of benzene rings is 3. The molecule has 40 heavy (non-hydrogen) atoms. The molecule has 0 saturated carbocycles. The summed E-state index contributed by atoms with van der Waals surface area (Å²) < 4.78 is 51.5. The summed E-state index contributed by atoms with van der Waals surface area (Å²) in [6.45, 7) is 0.918. The van der Waals surface area contributed by atoms with Gasteiger partial charge in [-0.05, 0) is 59.7 Å². The summed E-state index contributed by atoms with van der Waals surface area (Å²) in [5, 5.41) is 2.47. The van der Waals surface area contributed by atoms with Gasteiger partial charge in [0.2, 0.25) is 5.76 Å². The topological polar surface area (TPSA) is 84.7 Å². The molecular formula is C30H26F3N3O4. The van der Waals surface area contributed by atoms with Gasteiger partial charge in [-0.1, -0.05) is 54.6 Å². The fourth-order valence-electron chi connectivity index (χ4n) is 4.77. The summed E-state index contributed by atoms with van der Waals surface area (Å²) in [7, 11) is 1.30. The third-order valence-corrected chi connectivity index (χ3v) is 6.91. The average Bonchev–Trinajstić information content (AvgIpc) is 3.45. The maximum atomic E-state index is 13.8. The SMILES string of the molecule is COC(=O)c1ccc(-c2ccc(NC(=O)c3oc(N4CCC(c5ccccc5)CC4)nc3C(F)(F)F)cc2)cc1. The summed E-state index contributed by atoms with van der Waals surface area (Å²) in [4.78, 5) is 29.8. The standard InChI is InChI=1S/C30H26F3N3O4/c1-39-28(38)23-9-7-20(8-10-23)21-11-13-24(14-12-21)34-27(37)25-26(30(31,32)33)35-29(40-25)36-17-15-22(16-18-36)19-5-3-2-4-6-19/h2-14,22H,15-18H2,1H3,(H,34,37). The Morgan fingerprint density at radius 1 is 0.925 bits per heavy atom. The molecule has 1 fully saturated rings. The predicted molar refractivity (Wildman–Crippen MR) is 143 cm³/mol. The number of methoxy groups -OCH3 is 1. The van der Waals surface area contributed by atoms with Crippen molar-refractivity contribution in [3.05, 3.63) is 101 Å². The molecule has 206 valence electrons. The number of rotatable bonds is 6. The largest absolute Gasteiger partial charge is 0.465 e. The van der Waals surface area contributed by atoms with E-state index in [9.17, 15) is 22.8 Å². The first-order chi connectivity index (χ1) is 19.2. The van der Waals surface area contributed by atoms with Crippen LogP contribution < -0.4 is 10.2 Å².